The van der Waals surface area contributed by atoms with Crippen molar-refractivity contribution in [3.05, 3.63) is 0 Å². The highest BCUT2D eigenvalue weighted by atomic mass is 35.5. The molecule has 34 valence electrons. The van der Waals surface area contributed by atoms with Gasteiger partial charge < -0.3 is 0 Å². The van der Waals surface area contributed by atoms with Crippen LogP contribution in [0.5, 0.6) is 0 Å². The molecule has 0 radical (unpaired) electrons. The van der Waals surface area contributed by atoms with Gasteiger partial charge in [0.25, 0.3) is 0 Å². The molecular formula is C4H11Cl. The van der Waals surface area contributed by atoms with Crippen LogP contribution in [-0.2, 0) is 0 Å². The van der Waals surface area contributed by atoms with Gasteiger partial charge in [0.2, 0.25) is 0 Å². The standard InChI is InChI=1S/C3H7Cl.CH4/c1-3(2)4;/h3H,1-2H3;1H4. The van der Waals surface area contributed by atoms with Crippen molar-refractivity contribution >= 4 is 11.6 Å². The quantitative estimate of drug-likeness (QED) is 0.404. The van der Waals surface area contributed by atoms with Crippen molar-refractivity contribution in [1.29, 1.82) is 0 Å². The summed E-state index contributed by atoms with van der Waals surface area (Å²) in [7, 11) is 0. The first-order valence-electron chi connectivity index (χ1n) is 1.37. The SMILES string of the molecule is C.CC(C)Cl. The number of alkyl halides is 1. The Kier molecular flexibility index (Phi) is 7.72. The highest BCUT2D eigenvalue weighted by molar-refractivity contribution is 6.20. The summed E-state index contributed by atoms with van der Waals surface area (Å²) >= 11 is 5.27. The maximum absolute atomic E-state index is 5.27. The number of hydrogen-bond donors (Lipinski definition) is 0. The van der Waals surface area contributed by atoms with Crippen LogP contribution in [0, 0.1) is 0 Å². The molecule has 0 aliphatic carbocycles. The van der Waals surface area contributed by atoms with Gasteiger partial charge in [-0.15, -0.1) is 11.6 Å². The first-order chi connectivity index (χ1) is 1.73. The van der Waals surface area contributed by atoms with E-state index < -0.39 is 0 Å². The Labute approximate surface area is 39.1 Å². The molecule has 0 aromatic carbocycles. The van der Waals surface area contributed by atoms with Crippen LogP contribution in [0.25, 0.3) is 0 Å². The van der Waals surface area contributed by atoms with Crippen LogP contribution in [-0.4, -0.2) is 5.38 Å². The molecule has 0 saturated carbocycles. The fourth-order valence-electron chi connectivity index (χ4n) is 0. The van der Waals surface area contributed by atoms with Crippen LogP contribution in [0.15, 0.2) is 0 Å². The first kappa shape index (κ1) is 8.99. The summed E-state index contributed by atoms with van der Waals surface area (Å²) in [4.78, 5) is 0. The molecule has 0 bridgehead atoms. The second-order valence-electron chi connectivity index (χ2n) is 1.01. The fourth-order valence-corrected chi connectivity index (χ4v) is 0. The Morgan fingerprint density at radius 1 is 1.40 bits per heavy atom. The molecule has 0 aliphatic heterocycles. The molecule has 0 N–H and O–H groups in total. The molecule has 0 aromatic rings. The summed E-state index contributed by atoms with van der Waals surface area (Å²) in [6.45, 7) is 3.86. The molecule has 0 unspecified atom stereocenters. The van der Waals surface area contributed by atoms with E-state index in [1.54, 1.807) is 0 Å². The van der Waals surface area contributed by atoms with Gasteiger partial charge in [-0.1, -0.05) is 7.43 Å². The van der Waals surface area contributed by atoms with Crippen LogP contribution >= 0.6 is 11.6 Å². The van der Waals surface area contributed by atoms with Crippen molar-refractivity contribution in [2.24, 2.45) is 0 Å². The predicted molar refractivity (Wildman–Crippen MR) is 27.7 cm³/mol. The molecular weight excluding hydrogens is 83.5 g/mol. The number of halogens is 1. The molecule has 0 fully saturated rings. The lowest BCUT2D eigenvalue weighted by molar-refractivity contribution is 1.10. The van der Waals surface area contributed by atoms with Gasteiger partial charge in [0.1, 0.15) is 0 Å². The third-order valence-electron chi connectivity index (χ3n) is 0. The molecule has 0 heterocycles. The lowest BCUT2D eigenvalue weighted by Gasteiger charge is -1.76. The molecule has 0 nitrogen and oxygen atoms in total. The van der Waals surface area contributed by atoms with E-state index in [-0.39, 0.29) is 7.43 Å². The minimum absolute atomic E-state index is 0. The molecule has 0 saturated heterocycles. The third kappa shape index (κ3) is 268. The highest BCUT2D eigenvalue weighted by Crippen LogP contribution is 1.84. The van der Waals surface area contributed by atoms with Crippen molar-refractivity contribution in [2.45, 2.75) is 26.7 Å². The van der Waals surface area contributed by atoms with E-state index in [1.807, 2.05) is 13.8 Å². The Balaban J connectivity index is 0. The van der Waals surface area contributed by atoms with Gasteiger partial charge in [-0.25, -0.2) is 0 Å². The fraction of sp³-hybridized carbons (Fsp3) is 1.00. The van der Waals surface area contributed by atoms with E-state index in [0.29, 0.717) is 5.38 Å². The topological polar surface area (TPSA) is 0 Å². The van der Waals surface area contributed by atoms with Crippen LogP contribution in [0.4, 0.5) is 0 Å². The van der Waals surface area contributed by atoms with Crippen molar-refractivity contribution in [3.8, 4) is 0 Å². The van der Waals surface area contributed by atoms with Crippen molar-refractivity contribution in [3.63, 3.8) is 0 Å². The molecule has 0 atom stereocenters. The Morgan fingerprint density at radius 3 is 1.40 bits per heavy atom. The van der Waals surface area contributed by atoms with Gasteiger partial charge in [0, 0.05) is 5.38 Å². The first-order valence-corrected chi connectivity index (χ1v) is 1.81. The molecule has 0 rings (SSSR count). The maximum Gasteiger partial charge on any atom is 0.0279 e. The van der Waals surface area contributed by atoms with Gasteiger partial charge in [0.15, 0.2) is 0 Å². The Hall–Kier alpha value is 0.290. The normalized spacial score (nSPS) is 7.20. The van der Waals surface area contributed by atoms with Crippen LogP contribution in [0.1, 0.15) is 21.3 Å². The van der Waals surface area contributed by atoms with Crippen molar-refractivity contribution in [2.75, 3.05) is 0 Å². The average molecular weight is 94.6 g/mol. The van der Waals surface area contributed by atoms with E-state index in [9.17, 15) is 0 Å². The van der Waals surface area contributed by atoms with E-state index in [2.05, 4.69) is 0 Å². The van der Waals surface area contributed by atoms with Gasteiger partial charge in [-0.05, 0) is 13.8 Å². The minimum atomic E-state index is 0. The van der Waals surface area contributed by atoms with E-state index in [1.165, 1.54) is 0 Å². The number of rotatable bonds is 0. The van der Waals surface area contributed by atoms with Crippen molar-refractivity contribution in [1.82, 2.24) is 0 Å². The second-order valence-corrected chi connectivity index (χ2v) is 1.89. The van der Waals surface area contributed by atoms with Gasteiger partial charge in [-0.3, -0.25) is 0 Å². The smallest absolute Gasteiger partial charge is 0.0279 e. The zero-order valence-corrected chi connectivity index (χ0v) is 3.71. The van der Waals surface area contributed by atoms with E-state index in [4.69, 9.17) is 11.6 Å². The summed E-state index contributed by atoms with van der Waals surface area (Å²) < 4.78 is 0. The average Bonchev–Trinajstić information content (AvgIpc) is 0.811. The largest absolute Gasteiger partial charge is 0.124 e. The van der Waals surface area contributed by atoms with Crippen LogP contribution in [0.2, 0.25) is 0 Å². The summed E-state index contributed by atoms with van der Waals surface area (Å²) in [6, 6.07) is 0. The third-order valence-corrected chi connectivity index (χ3v) is 0. The van der Waals surface area contributed by atoms with Crippen LogP contribution < -0.4 is 0 Å². The molecule has 1 heteroatoms. The van der Waals surface area contributed by atoms with E-state index >= 15 is 0 Å². The monoisotopic (exact) mass is 94.1 g/mol. The summed E-state index contributed by atoms with van der Waals surface area (Å²) in [5.41, 5.74) is 0. The van der Waals surface area contributed by atoms with Gasteiger partial charge in [0.05, 0.1) is 0 Å². The molecule has 0 amide bonds. The molecule has 0 spiro atoms. The maximum atomic E-state index is 5.27. The lowest BCUT2D eigenvalue weighted by Crippen LogP contribution is -1.70. The lowest BCUT2D eigenvalue weighted by atomic mass is 10.6. The Bertz CT molecular complexity index is 8.36. The highest BCUT2D eigenvalue weighted by Gasteiger charge is 1.71. The van der Waals surface area contributed by atoms with Crippen LogP contribution in [0.3, 0.4) is 0 Å². The summed E-state index contributed by atoms with van der Waals surface area (Å²) in [5.74, 6) is 0. The summed E-state index contributed by atoms with van der Waals surface area (Å²) in [6.07, 6.45) is 0. The molecule has 0 aromatic heterocycles. The zero-order valence-electron chi connectivity index (χ0n) is 2.96. The molecule has 5 heavy (non-hydrogen) atoms. The zero-order chi connectivity index (χ0) is 3.58. The summed E-state index contributed by atoms with van der Waals surface area (Å²) in [5, 5.41) is 0.306. The predicted octanol–water partition coefficient (Wildman–Crippen LogP) is 2.27. The second kappa shape index (κ2) is 4.29. The van der Waals surface area contributed by atoms with Gasteiger partial charge in [-0.2, -0.15) is 0 Å². The Morgan fingerprint density at radius 2 is 1.40 bits per heavy atom. The number of hydrogen-bond acceptors (Lipinski definition) is 0. The molecule has 0 aliphatic rings. The van der Waals surface area contributed by atoms with Crippen molar-refractivity contribution < 1.29 is 0 Å². The van der Waals surface area contributed by atoms with E-state index in [0.717, 1.165) is 0 Å². The minimum Gasteiger partial charge on any atom is -0.124 e. The van der Waals surface area contributed by atoms with Gasteiger partial charge >= 0.3 is 0 Å².